The number of fused-ring (bicyclic) bond motifs is 5. The minimum absolute atomic E-state index is 0.0339. The third-order valence-corrected chi connectivity index (χ3v) is 7.04. The van der Waals surface area contributed by atoms with E-state index in [9.17, 15) is 14.7 Å². The van der Waals surface area contributed by atoms with Gasteiger partial charge in [0, 0.05) is 19.7 Å². The Morgan fingerprint density at radius 2 is 1.68 bits per heavy atom. The summed E-state index contributed by atoms with van der Waals surface area (Å²) in [7, 11) is 4.64. The molecule has 0 aliphatic carbocycles. The number of phenolic OH excluding ortho intramolecular Hbond substituents is 1. The van der Waals surface area contributed by atoms with E-state index in [-0.39, 0.29) is 11.3 Å². The lowest BCUT2D eigenvalue weighted by Crippen LogP contribution is -2.37. The van der Waals surface area contributed by atoms with Gasteiger partial charge in [-0.05, 0) is 36.8 Å². The van der Waals surface area contributed by atoms with Gasteiger partial charge in [0.25, 0.3) is 5.56 Å². The predicted molar refractivity (Wildman–Crippen MR) is 141 cm³/mol. The molecular formula is C29H25N3O5. The van der Waals surface area contributed by atoms with E-state index in [1.165, 1.54) is 18.7 Å². The second-order valence-corrected chi connectivity index (χ2v) is 9.26. The molecule has 3 heterocycles. The van der Waals surface area contributed by atoms with Gasteiger partial charge >= 0.3 is 5.69 Å². The van der Waals surface area contributed by atoms with Gasteiger partial charge < -0.3 is 19.1 Å². The molecule has 5 aromatic rings. The Kier molecular flexibility index (Phi) is 5.01. The number of ether oxygens (including phenoxy) is 2. The fourth-order valence-corrected chi connectivity index (χ4v) is 5.19. The zero-order chi connectivity index (χ0) is 26.0. The van der Waals surface area contributed by atoms with E-state index >= 15 is 0 Å². The minimum atomic E-state index is -0.717. The molecule has 8 nitrogen and oxygen atoms in total. The van der Waals surface area contributed by atoms with Crippen molar-refractivity contribution in [2.75, 3.05) is 7.11 Å². The summed E-state index contributed by atoms with van der Waals surface area (Å²) in [6, 6.07) is 20.6. The molecule has 3 aromatic carbocycles. The summed E-state index contributed by atoms with van der Waals surface area (Å²) in [6.07, 6.45) is -0.717. The number of para-hydroxylation sites is 2. The van der Waals surface area contributed by atoms with Crippen molar-refractivity contribution in [2.24, 2.45) is 14.1 Å². The summed E-state index contributed by atoms with van der Waals surface area (Å²) in [5.41, 5.74) is 4.31. The number of benzene rings is 3. The number of rotatable bonds is 3. The normalized spacial score (nSPS) is 14.2. The molecule has 37 heavy (non-hydrogen) atoms. The highest BCUT2D eigenvalue weighted by atomic mass is 16.5. The topological polar surface area (TPSA) is 87.6 Å². The van der Waals surface area contributed by atoms with Gasteiger partial charge in [0.15, 0.2) is 17.6 Å². The molecule has 0 saturated heterocycles. The first kappa shape index (κ1) is 22.7. The lowest BCUT2D eigenvalue weighted by Gasteiger charge is -2.30. The molecule has 8 heteroatoms. The number of hydrogen-bond acceptors (Lipinski definition) is 5. The molecule has 0 bridgehead atoms. The van der Waals surface area contributed by atoms with Crippen molar-refractivity contribution in [3.05, 3.63) is 104 Å². The first-order valence-corrected chi connectivity index (χ1v) is 11.9. The molecule has 2 aromatic heterocycles. The summed E-state index contributed by atoms with van der Waals surface area (Å²) in [5, 5.41) is 11.0. The van der Waals surface area contributed by atoms with Crippen molar-refractivity contribution in [3.8, 4) is 34.2 Å². The van der Waals surface area contributed by atoms with E-state index in [4.69, 9.17) is 9.47 Å². The fraction of sp³-hybridized carbons (Fsp3) is 0.172. The van der Waals surface area contributed by atoms with E-state index in [1.54, 1.807) is 19.2 Å². The van der Waals surface area contributed by atoms with Crippen LogP contribution in [-0.2, 0) is 14.1 Å². The SMILES string of the molecule is COc1ccc([C@H]2Oc3ccccc3-n3c(-c4ccc(C)cc4)c4c(=O)n(C)c(=O)n(C)c4c32)cc1O. The van der Waals surface area contributed by atoms with Gasteiger partial charge in [0.1, 0.15) is 5.75 Å². The quantitative estimate of drug-likeness (QED) is 0.405. The van der Waals surface area contributed by atoms with Gasteiger partial charge in [-0.15, -0.1) is 0 Å². The maximum absolute atomic E-state index is 13.7. The molecule has 0 unspecified atom stereocenters. The van der Waals surface area contributed by atoms with Crippen molar-refractivity contribution in [1.82, 2.24) is 13.7 Å². The van der Waals surface area contributed by atoms with Crippen LogP contribution in [0.2, 0.25) is 0 Å². The minimum Gasteiger partial charge on any atom is -0.504 e. The Balaban J connectivity index is 1.82. The molecule has 0 fully saturated rings. The van der Waals surface area contributed by atoms with Gasteiger partial charge in [-0.25, -0.2) is 4.79 Å². The van der Waals surface area contributed by atoms with E-state index in [0.717, 1.165) is 21.4 Å². The third kappa shape index (κ3) is 3.22. The van der Waals surface area contributed by atoms with Crippen LogP contribution in [0.15, 0.2) is 76.3 Å². The first-order valence-electron chi connectivity index (χ1n) is 11.9. The Morgan fingerprint density at radius 3 is 2.38 bits per heavy atom. The van der Waals surface area contributed by atoms with Crippen molar-refractivity contribution in [3.63, 3.8) is 0 Å². The lowest BCUT2D eigenvalue weighted by atomic mass is 10.0. The Morgan fingerprint density at radius 1 is 0.946 bits per heavy atom. The van der Waals surface area contributed by atoms with Crippen LogP contribution in [0.4, 0.5) is 0 Å². The highest BCUT2D eigenvalue weighted by Crippen LogP contribution is 2.47. The standard InChI is InChI=1S/C29H25N3O5/c1-16-9-11-17(12-10-16)24-23-25(30(2)29(35)31(3)28(23)34)26-27(18-13-14-22(36-4)20(33)15-18)37-21-8-6-5-7-19(21)32(24)26/h5-15,27,33H,1-4H3/t27-/m1/s1. The van der Waals surface area contributed by atoms with E-state index in [1.807, 2.05) is 66.1 Å². The maximum atomic E-state index is 13.7. The summed E-state index contributed by atoms with van der Waals surface area (Å²) in [4.78, 5) is 26.8. The highest BCUT2D eigenvalue weighted by molar-refractivity contribution is 5.98. The van der Waals surface area contributed by atoms with Crippen LogP contribution < -0.4 is 20.7 Å². The molecule has 1 aliphatic heterocycles. The first-order chi connectivity index (χ1) is 17.8. The lowest BCUT2D eigenvalue weighted by molar-refractivity contribution is 0.228. The van der Waals surface area contributed by atoms with Crippen molar-refractivity contribution in [1.29, 1.82) is 0 Å². The average Bonchev–Trinajstić information content (AvgIpc) is 3.27. The largest absolute Gasteiger partial charge is 0.504 e. The van der Waals surface area contributed by atoms with Gasteiger partial charge in [0.05, 0.1) is 35.1 Å². The highest BCUT2D eigenvalue weighted by Gasteiger charge is 2.36. The van der Waals surface area contributed by atoms with Crippen molar-refractivity contribution >= 4 is 10.9 Å². The van der Waals surface area contributed by atoms with Gasteiger partial charge in [-0.1, -0.05) is 48.0 Å². The monoisotopic (exact) mass is 495 g/mol. The molecule has 1 N–H and O–H groups in total. The Labute approximate surface area is 212 Å². The number of nitrogens with zero attached hydrogens (tertiary/aromatic N) is 3. The summed E-state index contributed by atoms with van der Waals surface area (Å²) >= 11 is 0. The Bertz CT molecular complexity index is 1830. The van der Waals surface area contributed by atoms with E-state index in [0.29, 0.717) is 39.4 Å². The molecule has 186 valence electrons. The van der Waals surface area contributed by atoms with E-state index in [2.05, 4.69) is 0 Å². The zero-order valence-electron chi connectivity index (χ0n) is 20.9. The van der Waals surface area contributed by atoms with Gasteiger partial charge in [0.2, 0.25) is 0 Å². The summed E-state index contributed by atoms with van der Waals surface area (Å²) in [5.74, 6) is 0.918. The molecule has 0 radical (unpaired) electrons. The number of hydrogen-bond donors (Lipinski definition) is 1. The van der Waals surface area contributed by atoms with Crippen LogP contribution in [-0.4, -0.2) is 25.9 Å². The smallest absolute Gasteiger partial charge is 0.331 e. The van der Waals surface area contributed by atoms with Crippen LogP contribution in [0.1, 0.15) is 22.9 Å². The number of aromatic hydroxyl groups is 1. The van der Waals surface area contributed by atoms with Crippen LogP contribution in [0, 0.1) is 6.92 Å². The molecule has 6 rings (SSSR count). The molecule has 1 atom stereocenters. The molecule has 0 amide bonds. The molecular weight excluding hydrogens is 470 g/mol. The van der Waals surface area contributed by atoms with Crippen LogP contribution in [0.3, 0.4) is 0 Å². The van der Waals surface area contributed by atoms with E-state index < -0.39 is 11.8 Å². The van der Waals surface area contributed by atoms with Gasteiger partial charge in [-0.3, -0.25) is 13.9 Å². The number of aromatic nitrogens is 3. The van der Waals surface area contributed by atoms with Crippen LogP contribution in [0.5, 0.6) is 17.2 Å². The van der Waals surface area contributed by atoms with Crippen LogP contribution in [0.25, 0.3) is 27.8 Å². The molecule has 0 saturated carbocycles. The Hall–Kier alpha value is -4.72. The average molecular weight is 496 g/mol. The number of methoxy groups -OCH3 is 1. The van der Waals surface area contributed by atoms with Gasteiger partial charge in [-0.2, -0.15) is 0 Å². The van der Waals surface area contributed by atoms with Crippen molar-refractivity contribution < 1.29 is 14.6 Å². The third-order valence-electron chi connectivity index (χ3n) is 7.04. The predicted octanol–water partition coefficient (Wildman–Crippen LogP) is 4.20. The fourth-order valence-electron chi connectivity index (χ4n) is 5.19. The maximum Gasteiger partial charge on any atom is 0.331 e. The van der Waals surface area contributed by atoms with Crippen molar-refractivity contribution in [2.45, 2.75) is 13.0 Å². The number of aryl methyl sites for hydroxylation is 2. The summed E-state index contributed by atoms with van der Waals surface area (Å²) < 4.78 is 16.4. The summed E-state index contributed by atoms with van der Waals surface area (Å²) in [6.45, 7) is 2.01. The van der Waals surface area contributed by atoms with Crippen LogP contribution >= 0.6 is 0 Å². The molecule has 1 aliphatic rings. The second kappa shape index (κ2) is 8.16. The number of phenols is 1. The molecule has 0 spiro atoms. The second-order valence-electron chi connectivity index (χ2n) is 9.26. The zero-order valence-corrected chi connectivity index (χ0v) is 20.9.